The van der Waals surface area contributed by atoms with Crippen LogP contribution in [0.2, 0.25) is 4.34 Å². The first-order valence-corrected chi connectivity index (χ1v) is 6.36. The summed E-state index contributed by atoms with van der Waals surface area (Å²) in [6, 6.07) is 5.22. The topological polar surface area (TPSA) is 26.0 Å². The van der Waals surface area contributed by atoms with Gasteiger partial charge in [0.05, 0.1) is 15.9 Å². The van der Waals surface area contributed by atoms with Crippen LogP contribution in [0, 0.1) is 5.82 Å². The fourth-order valence-electron chi connectivity index (χ4n) is 1.61. The van der Waals surface area contributed by atoms with E-state index in [9.17, 15) is 17.6 Å². The van der Waals surface area contributed by atoms with Crippen LogP contribution in [0.4, 0.5) is 17.6 Å². The van der Waals surface area contributed by atoms with Gasteiger partial charge < -0.3 is 5.73 Å². The lowest BCUT2D eigenvalue weighted by Crippen LogP contribution is -2.14. The first-order valence-electron chi connectivity index (χ1n) is 5.16. The highest BCUT2D eigenvalue weighted by atomic mass is 35.5. The minimum absolute atomic E-state index is 0.187. The molecule has 1 aromatic heterocycles. The van der Waals surface area contributed by atoms with E-state index in [2.05, 4.69) is 0 Å². The zero-order valence-corrected chi connectivity index (χ0v) is 10.9. The van der Waals surface area contributed by atoms with E-state index in [-0.39, 0.29) is 5.56 Å². The summed E-state index contributed by atoms with van der Waals surface area (Å²) < 4.78 is 51.4. The zero-order valence-electron chi connectivity index (χ0n) is 9.34. The van der Waals surface area contributed by atoms with Gasteiger partial charge in [0.25, 0.3) is 0 Å². The molecule has 2 aromatic rings. The van der Waals surface area contributed by atoms with Gasteiger partial charge in [-0.2, -0.15) is 13.2 Å². The third-order valence-corrected chi connectivity index (χ3v) is 3.87. The summed E-state index contributed by atoms with van der Waals surface area (Å²) in [4.78, 5) is 0.615. The lowest BCUT2D eigenvalue weighted by Gasteiger charge is -2.14. The summed E-state index contributed by atoms with van der Waals surface area (Å²) in [5.74, 6) is -1.31. The highest BCUT2D eigenvalue weighted by Gasteiger charge is 2.34. The summed E-state index contributed by atoms with van der Waals surface area (Å²) in [6.45, 7) is 0. The van der Waals surface area contributed by atoms with Gasteiger partial charge >= 0.3 is 6.18 Å². The molecule has 0 aliphatic rings. The molecule has 1 heterocycles. The smallest absolute Gasteiger partial charge is 0.320 e. The number of halogens is 5. The van der Waals surface area contributed by atoms with Gasteiger partial charge in [-0.1, -0.05) is 17.7 Å². The predicted octanol–water partition coefficient (Wildman–Crippen LogP) is 4.61. The first kappa shape index (κ1) is 14.3. The van der Waals surface area contributed by atoms with Crippen LogP contribution in [0.25, 0.3) is 0 Å². The third-order valence-electron chi connectivity index (χ3n) is 2.56. The molecule has 0 amide bonds. The Morgan fingerprint density at radius 1 is 1.16 bits per heavy atom. The Hall–Kier alpha value is -1.11. The molecule has 0 bridgehead atoms. The third kappa shape index (κ3) is 3.08. The number of rotatable bonds is 2. The highest BCUT2D eigenvalue weighted by Crippen LogP contribution is 2.35. The molecule has 0 aliphatic carbocycles. The van der Waals surface area contributed by atoms with Crippen LogP contribution in [0.5, 0.6) is 0 Å². The summed E-state index contributed by atoms with van der Waals surface area (Å²) in [5.41, 5.74) is 4.72. The van der Waals surface area contributed by atoms with Crippen molar-refractivity contribution in [3.63, 3.8) is 0 Å². The van der Waals surface area contributed by atoms with Crippen LogP contribution in [0.1, 0.15) is 22.0 Å². The fourth-order valence-corrected chi connectivity index (χ4v) is 2.70. The van der Waals surface area contributed by atoms with Gasteiger partial charge in [0.2, 0.25) is 0 Å². The number of benzene rings is 1. The number of nitrogens with two attached hydrogens (primary N) is 1. The van der Waals surface area contributed by atoms with Gasteiger partial charge in [-0.3, -0.25) is 0 Å². The molecule has 0 aliphatic heterocycles. The van der Waals surface area contributed by atoms with Gasteiger partial charge in [-0.05, 0) is 29.8 Å². The van der Waals surface area contributed by atoms with Crippen molar-refractivity contribution in [2.24, 2.45) is 5.73 Å². The average Bonchev–Trinajstić information content (AvgIpc) is 2.74. The number of hydrogen-bond acceptors (Lipinski definition) is 2. The van der Waals surface area contributed by atoms with E-state index in [1.807, 2.05) is 0 Å². The van der Waals surface area contributed by atoms with Crippen molar-refractivity contribution in [1.82, 2.24) is 0 Å². The maximum atomic E-state index is 13.2. The molecule has 0 saturated carbocycles. The van der Waals surface area contributed by atoms with E-state index in [1.54, 1.807) is 12.1 Å². The van der Waals surface area contributed by atoms with E-state index in [4.69, 9.17) is 17.3 Å². The molecule has 1 atom stereocenters. The molecule has 0 radical (unpaired) electrons. The minimum Gasteiger partial charge on any atom is -0.320 e. The van der Waals surface area contributed by atoms with Crippen molar-refractivity contribution < 1.29 is 17.6 Å². The number of hydrogen-bond donors (Lipinski definition) is 1. The van der Waals surface area contributed by atoms with E-state index in [0.717, 1.165) is 12.1 Å². The molecular weight excluding hydrogens is 302 g/mol. The Balaban J connectivity index is 2.41. The summed E-state index contributed by atoms with van der Waals surface area (Å²) in [7, 11) is 0. The van der Waals surface area contributed by atoms with E-state index < -0.39 is 23.6 Å². The van der Waals surface area contributed by atoms with Gasteiger partial charge in [-0.25, -0.2) is 4.39 Å². The van der Waals surface area contributed by atoms with Crippen LogP contribution < -0.4 is 5.73 Å². The molecule has 0 fully saturated rings. The quantitative estimate of drug-likeness (QED) is 0.806. The Bertz CT molecular complexity index is 594. The van der Waals surface area contributed by atoms with Gasteiger partial charge in [-0.15, -0.1) is 11.3 Å². The second-order valence-electron chi connectivity index (χ2n) is 3.86. The Labute approximate surface area is 115 Å². The van der Waals surface area contributed by atoms with E-state index in [0.29, 0.717) is 9.21 Å². The molecule has 2 N–H and O–H groups in total. The van der Waals surface area contributed by atoms with Gasteiger partial charge in [0.15, 0.2) is 0 Å². The maximum absolute atomic E-state index is 13.2. The lowest BCUT2D eigenvalue weighted by molar-refractivity contribution is -0.140. The molecule has 0 spiro atoms. The molecule has 19 heavy (non-hydrogen) atoms. The van der Waals surface area contributed by atoms with Crippen LogP contribution in [-0.2, 0) is 6.18 Å². The molecule has 1 unspecified atom stereocenters. The van der Waals surface area contributed by atoms with Crippen LogP contribution in [0.15, 0.2) is 30.3 Å². The monoisotopic (exact) mass is 309 g/mol. The largest absolute Gasteiger partial charge is 0.419 e. The molecule has 7 heteroatoms. The van der Waals surface area contributed by atoms with Crippen molar-refractivity contribution >= 4 is 22.9 Å². The van der Waals surface area contributed by atoms with E-state index >= 15 is 0 Å². The molecule has 2 rings (SSSR count). The second-order valence-corrected chi connectivity index (χ2v) is 5.60. The summed E-state index contributed by atoms with van der Waals surface area (Å²) >= 11 is 6.92. The molecule has 1 aromatic carbocycles. The molecule has 102 valence electrons. The second kappa shape index (κ2) is 5.11. The maximum Gasteiger partial charge on any atom is 0.419 e. The normalized spacial score (nSPS) is 13.6. The van der Waals surface area contributed by atoms with Crippen molar-refractivity contribution in [3.8, 4) is 0 Å². The molecule has 0 saturated heterocycles. The van der Waals surface area contributed by atoms with Crippen molar-refractivity contribution in [2.75, 3.05) is 0 Å². The fraction of sp³-hybridized carbons (Fsp3) is 0.167. The standard InChI is InChI=1S/C12H8ClF4NS/c13-10-4-3-9(19-10)11(18)6-1-2-8(14)7(5-6)12(15,16)17/h1-5,11H,18H2. The van der Waals surface area contributed by atoms with Crippen LogP contribution >= 0.6 is 22.9 Å². The minimum atomic E-state index is -4.74. The van der Waals surface area contributed by atoms with Gasteiger partial charge in [0.1, 0.15) is 5.82 Å². The summed E-state index contributed by atoms with van der Waals surface area (Å²) in [6.07, 6.45) is -4.74. The van der Waals surface area contributed by atoms with Crippen molar-refractivity contribution in [3.05, 3.63) is 56.5 Å². The van der Waals surface area contributed by atoms with Gasteiger partial charge in [0, 0.05) is 4.88 Å². The molecular formula is C12H8ClF4NS. The lowest BCUT2D eigenvalue weighted by atomic mass is 10.0. The molecule has 1 nitrogen and oxygen atoms in total. The first-order chi connectivity index (χ1) is 8.79. The van der Waals surface area contributed by atoms with Crippen LogP contribution in [-0.4, -0.2) is 0 Å². The van der Waals surface area contributed by atoms with E-state index in [1.165, 1.54) is 17.4 Å². The SMILES string of the molecule is NC(c1ccc(F)c(C(F)(F)F)c1)c1ccc(Cl)s1. The Kier molecular flexibility index (Phi) is 3.85. The predicted molar refractivity (Wildman–Crippen MR) is 66.8 cm³/mol. The zero-order chi connectivity index (χ0) is 14.2. The number of thiophene rings is 1. The number of alkyl halides is 3. The van der Waals surface area contributed by atoms with Crippen molar-refractivity contribution in [2.45, 2.75) is 12.2 Å². The van der Waals surface area contributed by atoms with Crippen LogP contribution in [0.3, 0.4) is 0 Å². The van der Waals surface area contributed by atoms with Crippen molar-refractivity contribution in [1.29, 1.82) is 0 Å². The highest BCUT2D eigenvalue weighted by molar-refractivity contribution is 7.16. The Morgan fingerprint density at radius 2 is 1.84 bits per heavy atom. The Morgan fingerprint density at radius 3 is 2.37 bits per heavy atom. The summed E-state index contributed by atoms with van der Waals surface area (Å²) in [5, 5.41) is 0. The average molecular weight is 310 g/mol.